The van der Waals surface area contributed by atoms with Gasteiger partial charge in [0, 0.05) is 11.4 Å². The number of carboxylic acids is 1. The molecule has 0 saturated heterocycles. The maximum atomic E-state index is 10.8. The fraction of sp³-hybridized carbons (Fsp3) is 0.909. The molecule has 0 aliphatic carbocycles. The fourth-order valence-corrected chi connectivity index (χ4v) is 1.21. The van der Waals surface area contributed by atoms with Crippen LogP contribution >= 0.6 is 0 Å². The summed E-state index contributed by atoms with van der Waals surface area (Å²) in [6, 6.07) is 0. The monoisotopic (exact) mass is 187 g/mol. The molecule has 0 saturated carbocycles. The lowest BCUT2D eigenvalue weighted by atomic mass is 9.66. The minimum Gasteiger partial charge on any atom is -0.550 e. The fourth-order valence-electron chi connectivity index (χ4n) is 1.21. The molecule has 0 fully saturated rings. The lowest BCUT2D eigenvalue weighted by Gasteiger charge is -2.42. The molecule has 0 aromatic rings. The third kappa shape index (κ3) is 3.02. The Kier molecular flexibility index (Phi) is 5.34. The molecule has 0 N–H and O–H groups in total. The molecule has 0 bridgehead atoms. The molecule has 0 heterocycles. The minimum atomic E-state index is -0.957. The number of hydrogen-bond donors (Lipinski definition) is 0. The van der Waals surface area contributed by atoms with Crippen molar-refractivity contribution < 1.29 is 9.90 Å². The highest BCUT2D eigenvalue weighted by molar-refractivity contribution is 5.72. The van der Waals surface area contributed by atoms with Crippen molar-refractivity contribution >= 4 is 5.97 Å². The van der Waals surface area contributed by atoms with E-state index >= 15 is 0 Å². The summed E-state index contributed by atoms with van der Waals surface area (Å²) in [6.45, 7) is 9.49. The summed E-state index contributed by atoms with van der Waals surface area (Å²) in [5.74, 6) is -0.957. The zero-order chi connectivity index (χ0) is 9.99. The Morgan fingerprint density at radius 3 is 1.85 bits per heavy atom. The van der Waals surface area contributed by atoms with Gasteiger partial charge in [-0.2, -0.15) is 0 Å². The van der Waals surface area contributed by atoms with E-state index in [-0.39, 0.29) is 12.8 Å². The van der Waals surface area contributed by atoms with Gasteiger partial charge in [0.25, 0.3) is 0 Å². The predicted molar refractivity (Wildman–Crippen MR) is 54.2 cm³/mol. The molecule has 0 atom stereocenters. The van der Waals surface area contributed by atoms with E-state index in [0.29, 0.717) is 0 Å². The highest BCUT2D eigenvalue weighted by Gasteiger charge is 2.37. The lowest BCUT2D eigenvalue weighted by Crippen LogP contribution is -2.47. The number of aliphatic carboxylic acids is 1. The second-order valence-electron chi connectivity index (χ2n) is 4.55. The van der Waals surface area contributed by atoms with E-state index in [2.05, 4.69) is 6.92 Å². The van der Waals surface area contributed by atoms with E-state index < -0.39 is 11.4 Å². The molecule has 0 aliphatic heterocycles. The summed E-state index contributed by atoms with van der Waals surface area (Å²) in [4.78, 5) is 10.8. The second-order valence-corrected chi connectivity index (χ2v) is 4.55. The highest BCUT2D eigenvalue weighted by atomic mass is 16.4. The number of carbonyl (C=O) groups excluding carboxylic acids is 1. The second kappa shape index (κ2) is 4.64. The maximum Gasteiger partial charge on any atom is 0.0476 e. The van der Waals surface area contributed by atoms with Gasteiger partial charge in [0.05, 0.1) is 0 Å². The normalized spacial score (nSPS) is 12.1. The van der Waals surface area contributed by atoms with Crippen LogP contribution in [0.5, 0.6) is 0 Å². The van der Waals surface area contributed by atoms with Crippen LogP contribution < -0.4 is 5.11 Å². The van der Waals surface area contributed by atoms with Crippen molar-refractivity contribution in [1.82, 2.24) is 0 Å². The first-order valence-corrected chi connectivity index (χ1v) is 4.47. The van der Waals surface area contributed by atoms with Crippen molar-refractivity contribution in [1.29, 1.82) is 0 Å². The topological polar surface area (TPSA) is 40.1 Å². The first-order chi connectivity index (χ1) is 5.25. The summed E-state index contributed by atoms with van der Waals surface area (Å²) >= 11 is 0. The molecule has 0 aliphatic rings. The van der Waals surface area contributed by atoms with Crippen LogP contribution in [0, 0.1) is 10.8 Å². The summed E-state index contributed by atoms with van der Waals surface area (Å²) < 4.78 is 0. The van der Waals surface area contributed by atoms with Gasteiger partial charge >= 0.3 is 0 Å². The van der Waals surface area contributed by atoms with Crippen LogP contribution in [0.1, 0.15) is 54.9 Å². The number of carboxylic acid groups (broad SMARTS) is 1. The highest BCUT2D eigenvalue weighted by Crippen LogP contribution is 2.41. The van der Waals surface area contributed by atoms with E-state index in [1.54, 1.807) is 13.8 Å². The van der Waals surface area contributed by atoms with Gasteiger partial charge in [0.15, 0.2) is 0 Å². The van der Waals surface area contributed by atoms with Crippen LogP contribution in [-0.2, 0) is 4.79 Å². The van der Waals surface area contributed by atoms with Crippen molar-refractivity contribution in [2.45, 2.75) is 54.9 Å². The van der Waals surface area contributed by atoms with Crippen LogP contribution in [0.4, 0.5) is 0 Å². The molecule has 80 valence electrons. The summed E-state index contributed by atoms with van der Waals surface area (Å²) in [5, 5.41) is 10.8. The van der Waals surface area contributed by atoms with Gasteiger partial charge in [-0.1, -0.05) is 48.5 Å². The van der Waals surface area contributed by atoms with Crippen LogP contribution in [0.2, 0.25) is 0 Å². The number of carbonyl (C=O) groups is 1. The third-order valence-corrected chi connectivity index (χ3v) is 3.08. The first-order valence-electron chi connectivity index (χ1n) is 4.47. The van der Waals surface area contributed by atoms with E-state index in [1.165, 1.54) is 0 Å². The number of rotatable bonds is 4. The molecule has 0 aromatic carbocycles. The molecule has 2 nitrogen and oxygen atoms in total. The molecule has 13 heavy (non-hydrogen) atoms. The van der Waals surface area contributed by atoms with Gasteiger partial charge < -0.3 is 9.90 Å². The largest absolute Gasteiger partial charge is 0.550 e. The van der Waals surface area contributed by atoms with Gasteiger partial charge in [-0.3, -0.25) is 0 Å². The lowest BCUT2D eigenvalue weighted by molar-refractivity contribution is -0.323. The summed E-state index contributed by atoms with van der Waals surface area (Å²) in [5.41, 5.74) is -0.941. The summed E-state index contributed by atoms with van der Waals surface area (Å²) in [6.07, 6.45) is 1.91. The quantitative estimate of drug-likeness (QED) is 0.677. The van der Waals surface area contributed by atoms with Crippen LogP contribution in [-0.4, -0.2) is 5.97 Å². The Morgan fingerprint density at radius 2 is 1.62 bits per heavy atom. The molecule has 2 heteroatoms. The van der Waals surface area contributed by atoms with Gasteiger partial charge in [-0.05, 0) is 11.8 Å². The average Bonchev–Trinajstić information content (AvgIpc) is 1.86. The molecule has 0 aromatic heterocycles. The average molecular weight is 187 g/mol. The Labute approximate surface area is 82.4 Å². The van der Waals surface area contributed by atoms with Crippen molar-refractivity contribution in [3.05, 3.63) is 0 Å². The Balaban J connectivity index is 0. The summed E-state index contributed by atoms with van der Waals surface area (Å²) in [7, 11) is 0. The number of hydrogen-bond acceptors (Lipinski definition) is 2. The van der Waals surface area contributed by atoms with Gasteiger partial charge in [-0.15, -0.1) is 0 Å². The van der Waals surface area contributed by atoms with Crippen molar-refractivity contribution in [2.24, 2.45) is 10.8 Å². The molecule has 0 rings (SSSR count). The Morgan fingerprint density at radius 1 is 1.23 bits per heavy atom. The van der Waals surface area contributed by atoms with Gasteiger partial charge in [0.1, 0.15) is 0 Å². The van der Waals surface area contributed by atoms with Crippen LogP contribution in [0.15, 0.2) is 0 Å². The maximum absolute atomic E-state index is 10.8. The predicted octanol–water partition coefficient (Wildman–Crippen LogP) is 2.22. The molecular formula is C11H23O2-. The Bertz CT molecular complexity index is 169. The van der Waals surface area contributed by atoms with Gasteiger partial charge in [0.2, 0.25) is 0 Å². The van der Waals surface area contributed by atoms with E-state index in [9.17, 15) is 9.90 Å². The molecule has 0 radical (unpaired) electrons. The molecule has 0 unspecified atom stereocenters. The molecule has 0 amide bonds. The van der Waals surface area contributed by atoms with E-state index in [4.69, 9.17) is 0 Å². The van der Waals surface area contributed by atoms with E-state index in [0.717, 1.165) is 12.8 Å². The SMILES string of the molecule is C.CCCC(C)(C)C(C)(C)C(=O)[O-]. The van der Waals surface area contributed by atoms with Crippen LogP contribution in [0.3, 0.4) is 0 Å². The Hall–Kier alpha value is -0.530. The zero-order valence-corrected chi connectivity index (χ0v) is 8.73. The molecular weight excluding hydrogens is 164 g/mol. The zero-order valence-electron chi connectivity index (χ0n) is 8.73. The van der Waals surface area contributed by atoms with Crippen LogP contribution in [0.25, 0.3) is 0 Å². The van der Waals surface area contributed by atoms with Gasteiger partial charge in [-0.25, -0.2) is 0 Å². The van der Waals surface area contributed by atoms with Crippen molar-refractivity contribution in [3.63, 3.8) is 0 Å². The van der Waals surface area contributed by atoms with E-state index in [1.807, 2.05) is 13.8 Å². The first kappa shape index (κ1) is 15.0. The van der Waals surface area contributed by atoms with Crippen molar-refractivity contribution in [3.8, 4) is 0 Å². The smallest absolute Gasteiger partial charge is 0.0476 e. The molecule has 0 spiro atoms. The third-order valence-electron chi connectivity index (χ3n) is 3.08. The van der Waals surface area contributed by atoms with Crippen molar-refractivity contribution in [2.75, 3.05) is 0 Å². The standard InChI is InChI=1S/C10H20O2.CH4/c1-6-7-9(2,3)10(4,5)8(11)12;/h6-7H2,1-5H3,(H,11,12);1H4/p-1. The minimum absolute atomic E-state index is 0.